The molecule has 0 bridgehead atoms. The van der Waals surface area contributed by atoms with Crippen LogP contribution in [-0.4, -0.2) is 19.3 Å². The Hall–Kier alpha value is -2.63. The van der Waals surface area contributed by atoms with Crippen LogP contribution in [0.3, 0.4) is 0 Å². The van der Waals surface area contributed by atoms with Crippen molar-refractivity contribution in [2.45, 2.75) is 26.9 Å². The lowest BCUT2D eigenvalue weighted by molar-refractivity contribution is 0.624. The molecule has 3 aromatic rings. The summed E-state index contributed by atoms with van der Waals surface area (Å²) >= 11 is 0. The lowest BCUT2D eigenvalue weighted by Gasteiger charge is -2.05. The second kappa shape index (κ2) is 6.24. The first-order chi connectivity index (χ1) is 11.0. The zero-order valence-electron chi connectivity index (χ0n) is 13.5. The number of hydrogen-bond acceptors (Lipinski definition) is 3. The Morgan fingerprint density at radius 3 is 2.52 bits per heavy atom. The number of aryl methyl sites for hydroxylation is 1. The molecule has 6 heteroatoms. The van der Waals surface area contributed by atoms with Crippen LogP contribution in [0, 0.1) is 19.7 Å². The predicted molar refractivity (Wildman–Crippen MR) is 87.7 cm³/mol. The molecule has 0 aliphatic rings. The number of halogens is 1. The van der Waals surface area contributed by atoms with Crippen LogP contribution >= 0.6 is 0 Å². The van der Waals surface area contributed by atoms with E-state index in [1.807, 2.05) is 30.9 Å². The predicted octanol–water partition coefficient (Wildman–Crippen LogP) is 3.03. The summed E-state index contributed by atoms with van der Waals surface area (Å²) in [6.07, 6.45) is 1.90. The molecule has 5 nitrogen and oxygen atoms in total. The van der Waals surface area contributed by atoms with E-state index in [0.717, 1.165) is 22.9 Å². The molecule has 3 rings (SSSR count). The Labute approximate surface area is 134 Å². The van der Waals surface area contributed by atoms with Crippen molar-refractivity contribution in [1.29, 1.82) is 0 Å². The second-order valence-corrected chi connectivity index (χ2v) is 5.64. The van der Waals surface area contributed by atoms with Gasteiger partial charge in [-0.1, -0.05) is 12.1 Å². The first-order valence-corrected chi connectivity index (χ1v) is 7.53. The van der Waals surface area contributed by atoms with Crippen molar-refractivity contribution < 1.29 is 4.39 Å². The molecule has 0 amide bonds. The van der Waals surface area contributed by atoms with E-state index in [0.29, 0.717) is 13.1 Å². The van der Waals surface area contributed by atoms with Crippen LogP contribution in [-0.2, 0) is 20.1 Å². The van der Waals surface area contributed by atoms with E-state index in [-0.39, 0.29) is 5.82 Å². The van der Waals surface area contributed by atoms with Crippen molar-refractivity contribution in [2.24, 2.45) is 7.05 Å². The van der Waals surface area contributed by atoms with E-state index in [9.17, 15) is 4.39 Å². The minimum atomic E-state index is -0.225. The summed E-state index contributed by atoms with van der Waals surface area (Å²) in [6, 6.07) is 8.38. The number of anilines is 1. The molecule has 0 saturated heterocycles. The first kappa shape index (κ1) is 15.3. The molecule has 0 radical (unpaired) electrons. The minimum absolute atomic E-state index is 0.225. The molecular weight excluding hydrogens is 293 g/mol. The molecule has 0 saturated carbocycles. The maximum atomic E-state index is 12.9. The fourth-order valence-electron chi connectivity index (χ4n) is 2.43. The van der Waals surface area contributed by atoms with Gasteiger partial charge in [0, 0.05) is 25.0 Å². The van der Waals surface area contributed by atoms with Gasteiger partial charge in [-0.2, -0.15) is 5.10 Å². The fourth-order valence-corrected chi connectivity index (χ4v) is 2.43. The van der Waals surface area contributed by atoms with Crippen LogP contribution < -0.4 is 5.32 Å². The lowest BCUT2D eigenvalue weighted by Crippen LogP contribution is -2.08. The summed E-state index contributed by atoms with van der Waals surface area (Å²) in [7, 11) is 2.01. The Balaban J connectivity index is 1.63. The van der Waals surface area contributed by atoms with Gasteiger partial charge in [-0.05, 0) is 31.5 Å². The van der Waals surface area contributed by atoms with Crippen LogP contribution in [0.4, 0.5) is 10.2 Å². The number of hydrogen-bond donors (Lipinski definition) is 1. The van der Waals surface area contributed by atoms with E-state index in [1.165, 1.54) is 17.8 Å². The maximum absolute atomic E-state index is 12.9. The van der Waals surface area contributed by atoms with Crippen molar-refractivity contribution in [1.82, 2.24) is 19.3 Å². The third-order valence-electron chi connectivity index (χ3n) is 4.04. The van der Waals surface area contributed by atoms with E-state index in [2.05, 4.69) is 26.9 Å². The van der Waals surface area contributed by atoms with Gasteiger partial charge in [0.2, 0.25) is 0 Å². The van der Waals surface area contributed by atoms with Crippen LogP contribution in [0.15, 0.2) is 36.5 Å². The molecule has 0 fully saturated rings. The topological polar surface area (TPSA) is 47.7 Å². The summed E-state index contributed by atoms with van der Waals surface area (Å²) in [5.74, 6) is 1.55. The molecule has 1 N–H and O–H groups in total. The highest BCUT2D eigenvalue weighted by molar-refractivity contribution is 5.33. The normalized spacial score (nSPS) is 11.0. The molecule has 0 aliphatic carbocycles. The van der Waals surface area contributed by atoms with E-state index in [1.54, 1.807) is 12.1 Å². The van der Waals surface area contributed by atoms with Gasteiger partial charge in [0.25, 0.3) is 0 Å². The van der Waals surface area contributed by atoms with Gasteiger partial charge >= 0.3 is 0 Å². The molecular formula is C17H20FN5. The molecule has 1 aromatic carbocycles. The van der Waals surface area contributed by atoms with Gasteiger partial charge in [0.05, 0.1) is 18.8 Å². The molecule has 0 unspecified atom stereocenters. The third kappa shape index (κ3) is 3.41. The van der Waals surface area contributed by atoms with E-state index >= 15 is 0 Å². The summed E-state index contributed by atoms with van der Waals surface area (Å²) in [6.45, 7) is 5.31. The highest BCUT2D eigenvalue weighted by Crippen LogP contribution is 2.11. The maximum Gasteiger partial charge on any atom is 0.148 e. The van der Waals surface area contributed by atoms with Gasteiger partial charge in [0.15, 0.2) is 0 Å². The van der Waals surface area contributed by atoms with Gasteiger partial charge in [0.1, 0.15) is 17.5 Å². The van der Waals surface area contributed by atoms with E-state index < -0.39 is 0 Å². The van der Waals surface area contributed by atoms with Gasteiger partial charge in [-0.3, -0.25) is 4.68 Å². The number of rotatable bonds is 5. The Morgan fingerprint density at radius 1 is 1.13 bits per heavy atom. The average molecular weight is 313 g/mol. The molecule has 2 heterocycles. The van der Waals surface area contributed by atoms with Crippen LogP contribution in [0.2, 0.25) is 0 Å². The van der Waals surface area contributed by atoms with Crippen LogP contribution in [0.5, 0.6) is 0 Å². The number of nitrogens with one attached hydrogen (secondary N) is 1. The lowest BCUT2D eigenvalue weighted by atomic mass is 10.2. The molecule has 23 heavy (non-hydrogen) atoms. The van der Waals surface area contributed by atoms with Gasteiger partial charge in [-0.15, -0.1) is 0 Å². The Bertz CT molecular complexity index is 801. The average Bonchev–Trinajstić information content (AvgIpc) is 3.08. The standard InChI is InChI=1S/C17H20FN5/c1-12-13(2)22(3)17(20-12)10-19-16-8-9-23(21-16)11-14-4-6-15(18)7-5-14/h4-9H,10-11H2,1-3H3,(H,19,21). The van der Waals surface area contributed by atoms with Gasteiger partial charge in [-0.25, -0.2) is 9.37 Å². The third-order valence-corrected chi connectivity index (χ3v) is 4.04. The quantitative estimate of drug-likeness (QED) is 0.787. The SMILES string of the molecule is Cc1nc(CNc2ccn(Cc3ccc(F)cc3)n2)n(C)c1C. The summed E-state index contributed by atoms with van der Waals surface area (Å²) < 4.78 is 16.8. The molecule has 0 aliphatic heterocycles. The van der Waals surface area contributed by atoms with Crippen molar-refractivity contribution in [3.8, 4) is 0 Å². The monoisotopic (exact) mass is 313 g/mol. The summed E-state index contributed by atoms with van der Waals surface area (Å²) in [5, 5.41) is 7.76. The van der Waals surface area contributed by atoms with Crippen molar-refractivity contribution in [2.75, 3.05) is 5.32 Å². The number of aromatic nitrogens is 4. The largest absolute Gasteiger partial charge is 0.361 e. The highest BCUT2D eigenvalue weighted by atomic mass is 19.1. The molecule has 0 atom stereocenters. The van der Waals surface area contributed by atoms with Crippen molar-refractivity contribution in [3.05, 3.63) is 65.1 Å². The zero-order chi connectivity index (χ0) is 16.4. The molecule has 0 spiro atoms. The number of benzene rings is 1. The summed E-state index contributed by atoms with van der Waals surface area (Å²) in [4.78, 5) is 4.54. The minimum Gasteiger partial charge on any atom is -0.361 e. The smallest absolute Gasteiger partial charge is 0.148 e. The Kier molecular flexibility index (Phi) is 4.14. The Morgan fingerprint density at radius 2 is 1.87 bits per heavy atom. The molecule has 120 valence electrons. The number of nitrogens with zero attached hydrogens (tertiary/aromatic N) is 4. The molecule has 2 aromatic heterocycles. The van der Waals surface area contributed by atoms with Gasteiger partial charge < -0.3 is 9.88 Å². The van der Waals surface area contributed by atoms with E-state index in [4.69, 9.17) is 0 Å². The van der Waals surface area contributed by atoms with Crippen molar-refractivity contribution in [3.63, 3.8) is 0 Å². The van der Waals surface area contributed by atoms with Crippen LogP contribution in [0.25, 0.3) is 0 Å². The second-order valence-electron chi connectivity index (χ2n) is 5.64. The summed E-state index contributed by atoms with van der Waals surface area (Å²) in [5.41, 5.74) is 3.23. The zero-order valence-corrected chi connectivity index (χ0v) is 13.5. The van der Waals surface area contributed by atoms with Crippen LogP contribution in [0.1, 0.15) is 22.8 Å². The fraction of sp³-hybridized carbons (Fsp3) is 0.294. The highest BCUT2D eigenvalue weighted by Gasteiger charge is 2.08. The number of imidazole rings is 1. The first-order valence-electron chi connectivity index (χ1n) is 7.53. The van der Waals surface area contributed by atoms with Crippen molar-refractivity contribution >= 4 is 5.82 Å².